The molecule has 0 aromatic heterocycles. The summed E-state index contributed by atoms with van der Waals surface area (Å²) in [5, 5.41) is 14.4. The fourth-order valence-corrected chi connectivity index (χ4v) is 3.28. The van der Waals surface area contributed by atoms with E-state index in [-0.39, 0.29) is 5.97 Å². The lowest BCUT2D eigenvalue weighted by atomic mass is 9.98. The number of esters is 1. The number of benzene rings is 3. The summed E-state index contributed by atoms with van der Waals surface area (Å²) in [7, 11) is 0. The van der Waals surface area contributed by atoms with Crippen LogP contribution in [0.5, 0.6) is 5.75 Å². The Morgan fingerprint density at radius 3 is 2.30 bits per heavy atom. The van der Waals surface area contributed by atoms with Crippen LogP contribution in [0.4, 0.5) is 0 Å². The van der Waals surface area contributed by atoms with Gasteiger partial charge in [0.05, 0.1) is 6.61 Å². The summed E-state index contributed by atoms with van der Waals surface area (Å²) in [6.07, 6.45) is 1.71. The maximum absolute atomic E-state index is 11.4. The van der Waals surface area contributed by atoms with Gasteiger partial charge < -0.3 is 14.6 Å². The highest BCUT2D eigenvalue weighted by molar-refractivity contribution is 6.07. The topological polar surface area (TPSA) is 55.8 Å². The van der Waals surface area contributed by atoms with Crippen LogP contribution in [0.3, 0.4) is 0 Å². The molecule has 0 aliphatic rings. The van der Waals surface area contributed by atoms with Gasteiger partial charge in [-0.25, -0.2) is 4.79 Å². The van der Waals surface area contributed by atoms with Gasteiger partial charge in [-0.3, -0.25) is 0 Å². The molecule has 0 spiro atoms. The van der Waals surface area contributed by atoms with Gasteiger partial charge in [0.2, 0.25) is 6.29 Å². The number of aliphatic hydroxyl groups is 1. The van der Waals surface area contributed by atoms with Gasteiger partial charge in [0, 0.05) is 5.57 Å². The zero-order chi connectivity index (χ0) is 21.7. The molecule has 4 heteroatoms. The molecule has 1 atom stereocenters. The molecule has 156 valence electrons. The van der Waals surface area contributed by atoms with Crippen molar-refractivity contribution < 1.29 is 19.4 Å². The van der Waals surface area contributed by atoms with Crippen LogP contribution in [0.25, 0.3) is 21.5 Å². The fourth-order valence-electron chi connectivity index (χ4n) is 3.28. The summed E-state index contributed by atoms with van der Waals surface area (Å²) in [5.74, 6) is 0.289. The van der Waals surface area contributed by atoms with Gasteiger partial charge in [-0.15, -0.1) is 0 Å². The van der Waals surface area contributed by atoms with Gasteiger partial charge >= 0.3 is 5.97 Å². The first-order valence-electron chi connectivity index (χ1n) is 10.1. The van der Waals surface area contributed by atoms with Crippen LogP contribution in [0, 0.1) is 0 Å². The number of hydrogen-bond donors (Lipinski definition) is 1. The van der Waals surface area contributed by atoms with E-state index in [0.717, 1.165) is 30.0 Å². The standard InChI is InChI=1S/C26H28O4/c1-17(2)25(27)29-14-6-5-7-19-8-12-23-20(15-19)9-10-21-16-22(11-13-24(21)23)30-26(28)18(3)4/h8-13,15-16,26,28H,1,3,5-7,14H2,2,4H3. The Kier molecular flexibility index (Phi) is 6.91. The first kappa shape index (κ1) is 21.6. The zero-order valence-corrected chi connectivity index (χ0v) is 17.6. The van der Waals surface area contributed by atoms with Gasteiger partial charge in [-0.05, 0) is 77.9 Å². The highest BCUT2D eigenvalue weighted by atomic mass is 16.6. The molecule has 0 fully saturated rings. The monoisotopic (exact) mass is 404 g/mol. The maximum Gasteiger partial charge on any atom is 0.333 e. The molecular weight excluding hydrogens is 376 g/mol. The van der Waals surface area contributed by atoms with E-state index in [1.54, 1.807) is 13.8 Å². The summed E-state index contributed by atoms with van der Waals surface area (Å²) in [6.45, 7) is 11.1. The van der Waals surface area contributed by atoms with Crippen LogP contribution in [0.2, 0.25) is 0 Å². The molecule has 0 saturated carbocycles. The van der Waals surface area contributed by atoms with Crippen molar-refractivity contribution >= 4 is 27.5 Å². The first-order chi connectivity index (χ1) is 14.3. The van der Waals surface area contributed by atoms with Gasteiger partial charge in [-0.1, -0.05) is 49.6 Å². The Morgan fingerprint density at radius 2 is 1.63 bits per heavy atom. The number of aliphatic hydroxyl groups excluding tert-OH is 1. The lowest BCUT2D eigenvalue weighted by molar-refractivity contribution is -0.139. The van der Waals surface area contributed by atoms with Gasteiger partial charge in [0.15, 0.2) is 0 Å². The van der Waals surface area contributed by atoms with Crippen LogP contribution >= 0.6 is 0 Å². The van der Waals surface area contributed by atoms with Crippen molar-refractivity contribution in [2.75, 3.05) is 6.61 Å². The third kappa shape index (κ3) is 5.28. The quantitative estimate of drug-likeness (QED) is 0.124. The van der Waals surface area contributed by atoms with Crippen LogP contribution in [0.1, 0.15) is 32.3 Å². The van der Waals surface area contributed by atoms with Crippen molar-refractivity contribution in [1.82, 2.24) is 0 Å². The Bertz CT molecular complexity index is 1100. The van der Waals surface area contributed by atoms with Crippen LogP contribution < -0.4 is 4.74 Å². The second kappa shape index (κ2) is 9.59. The number of aryl methyl sites for hydroxylation is 1. The Balaban J connectivity index is 1.68. The van der Waals surface area contributed by atoms with Crippen molar-refractivity contribution in [3.8, 4) is 5.75 Å². The van der Waals surface area contributed by atoms with Gasteiger partial charge in [0.1, 0.15) is 5.75 Å². The van der Waals surface area contributed by atoms with Crippen molar-refractivity contribution in [2.45, 2.75) is 39.4 Å². The van der Waals surface area contributed by atoms with Crippen LogP contribution in [-0.2, 0) is 16.0 Å². The molecule has 1 unspecified atom stereocenters. The van der Waals surface area contributed by atoms with Gasteiger partial charge in [-0.2, -0.15) is 0 Å². The van der Waals surface area contributed by atoms with Crippen molar-refractivity contribution in [3.63, 3.8) is 0 Å². The lowest BCUT2D eigenvalue weighted by Gasteiger charge is -2.14. The number of carbonyl (C=O) groups is 1. The number of rotatable bonds is 9. The Hall–Kier alpha value is -3.11. The molecular formula is C26H28O4. The molecule has 4 nitrogen and oxygen atoms in total. The molecule has 0 radical (unpaired) electrons. The van der Waals surface area contributed by atoms with E-state index in [1.165, 1.54) is 16.3 Å². The number of fused-ring (bicyclic) bond motifs is 3. The zero-order valence-electron chi connectivity index (χ0n) is 17.6. The van der Waals surface area contributed by atoms with Crippen LogP contribution in [-0.4, -0.2) is 24.0 Å². The first-order valence-corrected chi connectivity index (χ1v) is 10.1. The van der Waals surface area contributed by atoms with E-state index >= 15 is 0 Å². The summed E-state index contributed by atoms with van der Waals surface area (Å²) >= 11 is 0. The van der Waals surface area contributed by atoms with E-state index in [0.29, 0.717) is 23.5 Å². The molecule has 30 heavy (non-hydrogen) atoms. The largest absolute Gasteiger partial charge is 0.462 e. The Morgan fingerprint density at radius 1 is 0.967 bits per heavy atom. The smallest absolute Gasteiger partial charge is 0.333 e. The lowest BCUT2D eigenvalue weighted by Crippen LogP contribution is -2.15. The van der Waals surface area contributed by atoms with E-state index in [4.69, 9.17) is 9.47 Å². The minimum atomic E-state index is -1.00. The van der Waals surface area contributed by atoms with Crippen LogP contribution in [0.15, 0.2) is 72.8 Å². The summed E-state index contributed by atoms with van der Waals surface area (Å²) in [6, 6.07) is 16.5. The third-order valence-electron chi connectivity index (χ3n) is 4.98. The average Bonchev–Trinajstić information content (AvgIpc) is 2.72. The predicted octanol–water partition coefficient (Wildman–Crippen LogP) is 5.71. The minimum Gasteiger partial charge on any atom is -0.462 e. The molecule has 3 aromatic carbocycles. The highest BCUT2D eigenvalue weighted by Gasteiger charge is 2.08. The molecule has 0 aliphatic heterocycles. The van der Waals surface area contributed by atoms with E-state index in [2.05, 4.69) is 43.5 Å². The molecule has 3 aromatic rings. The Labute approximate surface area is 177 Å². The molecule has 3 rings (SSSR count). The number of unbranched alkanes of at least 4 members (excludes halogenated alkanes) is 1. The molecule has 0 saturated heterocycles. The number of carbonyl (C=O) groups excluding carboxylic acids is 1. The fraction of sp³-hybridized carbons (Fsp3) is 0.269. The van der Waals surface area contributed by atoms with E-state index < -0.39 is 6.29 Å². The third-order valence-corrected chi connectivity index (χ3v) is 4.98. The summed E-state index contributed by atoms with van der Waals surface area (Å²) in [5.41, 5.74) is 2.26. The number of hydrogen-bond acceptors (Lipinski definition) is 4. The van der Waals surface area contributed by atoms with Crippen molar-refractivity contribution in [2.24, 2.45) is 0 Å². The molecule has 0 aliphatic carbocycles. The highest BCUT2D eigenvalue weighted by Crippen LogP contribution is 2.30. The molecule has 1 N–H and O–H groups in total. The second-order valence-corrected chi connectivity index (χ2v) is 7.69. The van der Waals surface area contributed by atoms with Gasteiger partial charge in [0.25, 0.3) is 0 Å². The van der Waals surface area contributed by atoms with Crippen molar-refractivity contribution in [1.29, 1.82) is 0 Å². The minimum absolute atomic E-state index is 0.324. The van der Waals surface area contributed by atoms with E-state index in [9.17, 15) is 9.90 Å². The SMILES string of the molecule is C=C(C)C(=O)OCCCCc1ccc2c(ccc3cc(OC(O)C(=C)C)ccc32)c1. The maximum atomic E-state index is 11.4. The summed E-state index contributed by atoms with van der Waals surface area (Å²) in [4.78, 5) is 11.4. The second-order valence-electron chi connectivity index (χ2n) is 7.69. The van der Waals surface area contributed by atoms with Crippen molar-refractivity contribution in [3.05, 3.63) is 78.4 Å². The number of ether oxygens (including phenoxy) is 2. The normalized spacial score (nSPS) is 12.0. The molecule has 0 amide bonds. The predicted molar refractivity (Wildman–Crippen MR) is 122 cm³/mol. The average molecular weight is 405 g/mol. The molecule has 0 bridgehead atoms. The van der Waals surface area contributed by atoms with E-state index in [1.807, 2.05) is 18.2 Å². The summed E-state index contributed by atoms with van der Waals surface area (Å²) < 4.78 is 10.7. The molecule has 0 heterocycles.